The van der Waals surface area contributed by atoms with E-state index in [1.54, 1.807) is 4.90 Å². The van der Waals surface area contributed by atoms with Gasteiger partial charge < -0.3 is 9.42 Å². The molecule has 0 radical (unpaired) electrons. The van der Waals surface area contributed by atoms with Crippen molar-refractivity contribution in [2.75, 3.05) is 13.1 Å². The third kappa shape index (κ3) is 2.72. The van der Waals surface area contributed by atoms with Gasteiger partial charge >= 0.3 is 0 Å². The molecule has 2 aromatic rings. The van der Waals surface area contributed by atoms with Crippen LogP contribution >= 0.6 is 11.3 Å². The van der Waals surface area contributed by atoms with E-state index >= 15 is 4.39 Å². The highest BCUT2D eigenvalue weighted by atomic mass is 32.1. The molecule has 0 aromatic carbocycles. The molecular weight excluding hydrogens is 331 g/mol. The number of halogens is 1. The van der Waals surface area contributed by atoms with Crippen molar-refractivity contribution >= 4 is 17.2 Å². The van der Waals surface area contributed by atoms with E-state index in [0.717, 1.165) is 17.8 Å². The standard InChI is InChI=1S/C16H19FN4O2S/c1-9-12(24-10(2)18-9)14(22)21-7-3-6-16(17,8-21)15-19-13(20-23-15)11-4-5-11/h11H,3-8H2,1-2H3. The molecule has 2 fully saturated rings. The maximum atomic E-state index is 15.4. The van der Waals surface area contributed by atoms with E-state index in [2.05, 4.69) is 15.1 Å². The van der Waals surface area contributed by atoms with Gasteiger partial charge in [-0.3, -0.25) is 4.79 Å². The number of aryl methyl sites for hydroxylation is 2. The molecule has 0 spiro atoms. The number of nitrogens with zero attached hydrogens (tertiary/aromatic N) is 4. The SMILES string of the molecule is Cc1nc(C)c(C(=O)N2CCCC(F)(c3nc(C4CC4)no3)C2)s1. The van der Waals surface area contributed by atoms with Crippen molar-refractivity contribution in [3.05, 3.63) is 27.3 Å². The smallest absolute Gasteiger partial charge is 0.266 e. The number of hydrogen-bond acceptors (Lipinski definition) is 6. The normalized spacial score (nSPS) is 24.4. The van der Waals surface area contributed by atoms with Crippen molar-refractivity contribution in [1.29, 1.82) is 0 Å². The number of amides is 1. The third-order valence-electron chi connectivity index (χ3n) is 4.60. The molecule has 1 aliphatic heterocycles. The van der Waals surface area contributed by atoms with E-state index in [0.29, 0.717) is 41.7 Å². The Bertz CT molecular complexity index is 785. The minimum Gasteiger partial charge on any atom is -0.336 e. The lowest BCUT2D eigenvalue weighted by molar-refractivity contribution is 0.0154. The van der Waals surface area contributed by atoms with E-state index in [9.17, 15) is 4.79 Å². The van der Waals surface area contributed by atoms with Gasteiger partial charge in [0.2, 0.25) is 5.67 Å². The second-order valence-electron chi connectivity index (χ2n) is 6.67. The minimum absolute atomic E-state index is 0.0131. The molecule has 4 rings (SSSR count). The first-order valence-electron chi connectivity index (χ1n) is 8.22. The first-order chi connectivity index (χ1) is 11.5. The van der Waals surface area contributed by atoms with Crippen LogP contribution < -0.4 is 0 Å². The summed E-state index contributed by atoms with van der Waals surface area (Å²) in [6.45, 7) is 4.16. The maximum absolute atomic E-state index is 15.4. The molecule has 1 amide bonds. The topological polar surface area (TPSA) is 72.1 Å². The summed E-state index contributed by atoms with van der Waals surface area (Å²) in [6, 6.07) is 0. The van der Waals surface area contributed by atoms with Crippen molar-refractivity contribution < 1.29 is 13.7 Å². The Balaban J connectivity index is 1.55. The monoisotopic (exact) mass is 350 g/mol. The van der Waals surface area contributed by atoms with Crippen LogP contribution in [-0.2, 0) is 5.67 Å². The molecular formula is C16H19FN4O2S. The van der Waals surface area contributed by atoms with Gasteiger partial charge in [-0.2, -0.15) is 4.98 Å². The van der Waals surface area contributed by atoms with Gasteiger partial charge in [0.15, 0.2) is 5.82 Å². The highest BCUT2D eigenvalue weighted by Gasteiger charge is 2.45. The van der Waals surface area contributed by atoms with Crippen molar-refractivity contribution in [2.45, 2.75) is 51.1 Å². The van der Waals surface area contributed by atoms with Gasteiger partial charge in [0.05, 0.1) is 17.2 Å². The zero-order chi connectivity index (χ0) is 16.9. The van der Waals surface area contributed by atoms with Gasteiger partial charge in [-0.25, -0.2) is 9.37 Å². The number of thiazole rings is 1. The van der Waals surface area contributed by atoms with Gasteiger partial charge in [0, 0.05) is 12.5 Å². The molecule has 1 saturated heterocycles. The van der Waals surface area contributed by atoms with Crippen LogP contribution in [0, 0.1) is 13.8 Å². The summed E-state index contributed by atoms with van der Waals surface area (Å²) in [7, 11) is 0. The molecule has 2 aliphatic rings. The van der Waals surface area contributed by atoms with Gasteiger partial charge in [0.1, 0.15) is 4.88 Å². The van der Waals surface area contributed by atoms with Gasteiger partial charge in [-0.1, -0.05) is 5.16 Å². The highest BCUT2D eigenvalue weighted by molar-refractivity contribution is 7.13. The number of piperidine rings is 1. The fraction of sp³-hybridized carbons (Fsp3) is 0.625. The van der Waals surface area contributed by atoms with E-state index in [1.807, 2.05) is 13.8 Å². The number of carbonyl (C=O) groups excluding carboxylic acids is 1. The maximum Gasteiger partial charge on any atom is 0.266 e. The largest absolute Gasteiger partial charge is 0.336 e. The Hall–Kier alpha value is -1.83. The van der Waals surface area contributed by atoms with Crippen LogP contribution in [0.15, 0.2) is 4.52 Å². The predicted molar refractivity (Wildman–Crippen MR) is 85.8 cm³/mol. The van der Waals surface area contributed by atoms with Crippen LogP contribution in [0.1, 0.15) is 63.7 Å². The molecule has 0 N–H and O–H groups in total. The first-order valence-corrected chi connectivity index (χ1v) is 9.04. The third-order valence-corrected chi connectivity index (χ3v) is 5.66. The zero-order valence-corrected chi connectivity index (χ0v) is 14.5. The Labute approximate surface area is 143 Å². The summed E-state index contributed by atoms with van der Waals surface area (Å²) in [5.41, 5.74) is -1.06. The van der Waals surface area contributed by atoms with Crippen LogP contribution in [0.4, 0.5) is 4.39 Å². The molecule has 1 aliphatic carbocycles. The van der Waals surface area contributed by atoms with Crippen molar-refractivity contribution in [2.24, 2.45) is 0 Å². The highest BCUT2D eigenvalue weighted by Crippen LogP contribution is 2.41. The van der Waals surface area contributed by atoms with Crippen LogP contribution in [0.2, 0.25) is 0 Å². The zero-order valence-electron chi connectivity index (χ0n) is 13.7. The molecule has 3 heterocycles. The first kappa shape index (κ1) is 15.7. The van der Waals surface area contributed by atoms with E-state index in [4.69, 9.17) is 4.52 Å². The lowest BCUT2D eigenvalue weighted by Gasteiger charge is -2.34. The van der Waals surface area contributed by atoms with E-state index in [-0.39, 0.29) is 18.3 Å². The molecule has 0 bridgehead atoms. The van der Waals surface area contributed by atoms with Crippen LogP contribution in [0.25, 0.3) is 0 Å². The quantitative estimate of drug-likeness (QED) is 0.850. The number of hydrogen-bond donors (Lipinski definition) is 0. The predicted octanol–water partition coefficient (Wildman–Crippen LogP) is 3.12. The summed E-state index contributed by atoms with van der Waals surface area (Å²) in [5, 5.41) is 4.74. The van der Waals surface area contributed by atoms with Gasteiger partial charge in [-0.05, 0) is 39.5 Å². The van der Waals surface area contributed by atoms with E-state index in [1.165, 1.54) is 11.3 Å². The van der Waals surface area contributed by atoms with Crippen molar-refractivity contribution in [3.8, 4) is 0 Å². The molecule has 1 saturated carbocycles. The molecule has 1 unspecified atom stereocenters. The number of carbonyl (C=O) groups is 1. The number of likely N-dealkylation sites (tertiary alicyclic amines) is 1. The van der Waals surface area contributed by atoms with Gasteiger partial charge in [-0.15, -0.1) is 11.3 Å². The lowest BCUT2D eigenvalue weighted by atomic mass is 9.94. The number of aromatic nitrogens is 3. The summed E-state index contributed by atoms with van der Waals surface area (Å²) in [5.74, 6) is 0.760. The lowest BCUT2D eigenvalue weighted by Crippen LogP contribution is -2.46. The number of alkyl halides is 1. The average Bonchev–Trinajstić information content (AvgIpc) is 3.17. The molecule has 1 atom stereocenters. The fourth-order valence-electron chi connectivity index (χ4n) is 3.16. The summed E-state index contributed by atoms with van der Waals surface area (Å²) < 4.78 is 20.6. The fourth-order valence-corrected chi connectivity index (χ4v) is 4.04. The summed E-state index contributed by atoms with van der Waals surface area (Å²) in [4.78, 5) is 23.4. The van der Waals surface area contributed by atoms with Crippen molar-refractivity contribution in [3.63, 3.8) is 0 Å². The average molecular weight is 350 g/mol. The van der Waals surface area contributed by atoms with Gasteiger partial charge in [0.25, 0.3) is 11.8 Å². The second-order valence-corrected chi connectivity index (χ2v) is 7.88. The Morgan fingerprint density at radius 1 is 1.38 bits per heavy atom. The summed E-state index contributed by atoms with van der Waals surface area (Å²) in [6.07, 6.45) is 2.93. The van der Waals surface area contributed by atoms with Crippen LogP contribution in [0.5, 0.6) is 0 Å². The molecule has 2 aromatic heterocycles. The molecule has 24 heavy (non-hydrogen) atoms. The minimum atomic E-state index is -1.76. The molecule has 8 heteroatoms. The second kappa shape index (κ2) is 5.61. The van der Waals surface area contributed by atoms with Crippen LogP contribution in [-0.4, -0.2) is 39.0 Å². The van der Waals surface area contributed by atoms with Crippen LogP contribution in [0.3, 0.4) is 0 Å². The van der Waals surface area contributed by atoms with E-state index < -0.39 is 5.67 Å². The molecule has 128 valence electrons. The molecule has 6 nitrogen and oxygen atoms in total. The Morgan fingerprint density at radius 3 is 2.83 bits per heavy atom. The number of rotatable bonds is 3. The summed E-state index contributed by atoms with van der Waals surface area (Å²) >= 11 is 1.35. The van der Waals surface area contributed by atoms with Crippen molar-refractivity contribution in [1.82, 2.24) is 20.0 Å². The Kier molecular flexibility index (Phi) is 3.67. The Morgan fingerprint density at radius 2 is 2.17 bits per heavy atom.